The number of fused-ring (bicyclic) bond motifs is 5. The zero-order valence-corrected chi connectivity index (χ0v) is 20.5. The molecule has 4 aliphatic carbocycles. The predicted molar refractivity (Wildman–Crippen MR) is 128 cm³/mol. The molecule has 170 valence electrons. The Bertz CT molecular complexity index is 661. The zero-order chi connectivity index (χ0) is 21.7. The molecule has 4 saturated carbocycles. The summed E-state index contributed by atoms with van der Waals surface area (Å²) in [7, 11) is 0. The van der Waals surface area contributed by atoms with Gasteiger partial charge < -0.3 is 5.11 Å². The van der Waals surface area contributed by atoms with E-state index in [1.54, 1.807) is 0 Å². The number of rotatable bonds is 5. The van der Waals surface area contributed by atoms with E-state index in [2.05, 4.69) is 53.3 Å². The summed E-state index contributed by atoms with van der Waals surface area (Å²) in [6.07, 6.45) is 17.8. The van der Waals surface area contributed by atoms with E-state index >= 15 is 0 Å². The van der Waals surface area contributed by atoms with Crippen molar-refractivity contribution in [3.8, 4) is 0 Å². The standard InChI is InChI=1S/C29H48O/c1-7-21(19(2)3)12-11-20(4)24-15-16-25-23-14-13-22-10-8-9-17-28(22,5)27(23)26(30)18-29(24,25)6/h7,12,19-20,22-27,30H,1,8-11,13-18H2,2-6H3/t20-,22?,23+,24-,25+,26?,27-,28+,29-/m1/s1. The Morgan fingerprint density at radius 1 is 1.03 bits per heavy atom. The molecule has 4 aliphatic rings. The van der Waals surface area contributed by atoms with Crippen molar-refractivity contribution >= 4 is 0 Å². The van der Waals surface area contributed by atoms with Crippen LogP contribution in [-0.2, 0) is 0 Å². The van der Waals surface area contributed by atoms with Gasteiger partial charge in [0, 0.05) is 0 Å². The summed E-state index contributed by atoms with van der Waals surface area (Å²) >= 11 is 0. The Balaban J connectivity index is 1.54. The molecule has 1 heteroatoms. The molecule has 0 aliphatic heterocycles. The van der Waals surface area contributed by atoms with Gasteiger partial charge in [0.25, 0.3) is 0 Å². The van der Waals surface area contributed by atoms with Crippen LogP contribution in [0, 0.1) is 52.3 Å². The van der Waals surface area contributed by atoms with E-state index in [-0.39, 0.29) is 6.10 Å². The highest BCUT2D eigenvalue weighted by molar-refractivity contribution is 5.19. The van der Waals surface area contributed by atoms with Gasteiger partial charge in [0.2, 0.25) is 0 Å². The van der Waals surface area contributed by atoms with Crippen LogP contribution in [0.5, 0.6) is 0 Å². The second kappa shape index (κ2) is 8.42. The Hall–Kier alpha value is -0.560. The Morgan fingerprint density at radius 2 is 1.80 bits per heavy atom. The first kappa shape index (κ1) is 22.6. The average Bonchev–Trinajstić information content (AvgIpc) is 3.03. The topological polar surface area (TPSA) is 20.2 Å². The lowest BCUT2D eigenvalue weighted by atomic mass is 9.43. The lowest BCUT2D eigenvalue weighted by molar-refractivity contribution is -0.171. The molecule has 0 aromatic carbocycles. The van der Waals surface area contributed by atoms with E-state index < -0.39 is 0 Å². The molecular weight excluding hydrogens is 364 g/mol. The third-order valence-corrected chi connectivity index (χ3v) is 10.9. The molecule has 0 spiro atoms. The molecule has 30 heavy (non-hydrogen) atoms. The van der Waals surface area contributed by atoms with Crippen LogP contribution in [0.4, 0.5) is 0 Å². The highest BCUT2D eigenvalue weighted by Crippen LogP contribution is 2.68. The summed E-state index contributed by atoms with van der Waals surface area (Å²) in [5, 5.41) is 11.6. The number of allylic oxidation sites excluding steroid dienone is 3. The third kappa shape index (κ3) is 3.56. The van der Waals surface area contributed by atoms with Gasteiger partial charge in [-0.2, -0.15) is 0 Å². The smallest absolute Gasteiger partial charge is 0.0581 e. The van der Waals surface area contributed by atoms with Crippen molar-refractivity contribution < 1.29 is 5.11 Å². The summed E-state index contributed by atoms with van der Waals surface area (Å²) in [4.78, 5) is 0. The van der Waals surface area contributed by atoms with Crippen LogP contribution in [0.25, 0.3) is 0 Å². The minimum atomic E-state index is -0.0788. The summed E-state index contributed by atoms with van der Waals surface area (Å²) in [5.41, 5.74) is 2.14. The average molecular weight is 413 g/mol. The van der Waals surface area contributed by atoms with Crippen LogP contribution >= 0.6 is 0 Å². The number of hydrogen-bond acceptors (Lipinski definition) is 1. The number of hydrogen-bond donors (Lipinski definition) is 1. The lowest BCUT2D eigenvalue weighted by Crippen LogP contribution is -2.58. The van der Waals surface area contributed by atoms with Gasteiger partial charge in [-0.1, -0.05) is 71.8 Å². The summed E-state index contributed by atoms with van der Waals surface area (Å²) < 4.78 is 0. The van der Waals surface area contributed by atoms with Crippen molar-refractivity contribution in [1.29, 1.82) is 0 Å². The molecule has 0 amide bonds. The van der Waals surface area contributed by atoms with Gasteiger partial charge in [0.15, 0.2) is 0 Å². The Morgan fingerprint density at radius 3 is 2.50 bits per heavy atom. The molecule has 4 fully saturated rings. The highest BCUT2D eigenvalue weighted by atomic mass is 16.3. The van der Waals surface area contributed by atoms with Crippen LogP contribution in [0.3, 0.4) is 0 Å². The predicted octanol–water partition coefficient (Wildman–Crippen LogP) is 7.80. The van der Waals surface area contributed by atoms with E-state index in [4.69, 9.17) is 0 Å². The maximum absolute atomic E-state index is 11.6. The van der Waals surface area contributed by atoms with E-state index in [1.807, 2.05) is 0 Å². The minimum absolute atomic E-state index is 0.0788. The molecule has 2 unspecified atom stereocenters. The molecule has 9 atom stereocenters. The van der Waals surface area contributed by atoms with Gasteiger partial charge in [-0.3, -0.25) is 0 Å². The fourth-order valence-corrected chi connectivity index (χ4v) is 9.43. The SMILES string of the molecule is C=CC(=CC[C@@H](C)[C@H]1CC[C@H]2[C@@H]3CCC4CCCC[C@]4(C)[C@H]3C(O)C[C@]12C)C(C)C. The van der Waals surface area contributed by atoms with E-state index in [1.165, 1.54) is 56.9 Å². The van der Waals surface area contributed by atoms with Crippen molar-refractivity contribution in [2.24, 2.45) is 52.3 Å². The fourth-order valence-electron chi connectivity index (χ4n) is 9.43. The quantitative estimate of drug-likeness (QED) is 0.457. The van der Waals surface area contributed by atoms with Crippen LogP contribution < -0.4 is 0 Å². The van der Waals surface area contributed by atoms with Crippen LogP contribution in [0.1, 0.15) is 98.8 Å². The van der Waals surface area contributed by atoms with Gasteiger partial charge in [-0.05, 0) is 104 Å². The first-order valence-corrected chi connectivity index (χ1v) is 13.2. The molecule has 0 aromatic rings. The van der Waals surface area contributed by atoms with Gasteiger partial charge in [0.05, 0.1) is 6.10 Å². The molecular formula is C29H48O. The van der Waals surface area contributed by atoms with E-state index in [0.717, 1.165) is 36.5 Å². The molecule has 0 saturated heterocycles. The maximum atomic E-state index is 11.6. The summed E-state index contributed by atoms with van der Waals surface area (Å²) in [6, 6.07) is 0. The van der Waals surface area contributed by atoms with Crippen molar-refractivity contribution in [2.75, 3.05) is 0 Å². The van der Waals surface area contributed by atoms with Gasteiger partial charge in [0.1, 0.15) is 0 Å². The van der Waals surface area contributed by atoms with E-state index in [0.29, 0.717) is 28.6 Å². The zero-order valence-electron chi connectivity index (χ0n) is 20.5. The lowest BCUT2D eigenvalue weighted by Gasteiger charge is -2.62. The van der Waals surface area contributed by atoms with Gasteiger partial charge >= 0.3 is 0 Å². The van der Waals surface area contributed by atoms with E-state index in [9.17, 15) is 5.11 Å². The van der Waals surface area contributed by atoms with Crippen LogP contribution in [0.2, 0.25) is 0 Å². The van der Waals surface area contributed by atoms with Crippen molar-refractivity contribution in [1.82, 2.24) is 0 Å². The molecule has 0 aromatic heterocycles. The number of aliphatic hydroxyl groups excluding tert-OH is 1. The monoisotopic (exact) mass is 412 g/mol. The summed E-state index contributed by atoms with van der Waals surface area (Å²) in [5.74, 6) is 5.06. The van der Waals surface area contributed by atoms with Gasteiger partial charge in [-0.15, -0.1) is 0 Å². The Kier molecular flexibility index (Phi) is 6.35. The molecule has 1 N–H and O–H groups in total. The van der Waals surface area contributed by atoms with Gasteiger partial charge in [-0.25, -0.2) is 0 Å². The fraction of sp³-hybridized carbons (Fsp3) is 0.862. The highest BCUT2D eigenvalue weighted by Gasteiger charge is 2.62. The van der Waals surface area contributed by atoms with Crippen molar-refractivity contribution in [3.63, 3.8) is 0 Å². The molecule has 0 heterocycles. The Labute approximate surface area is 186 Å². The number of aliphatic hydroxyl groups is 1. The molecule has 1 nitrogen and oxygen atoms in total. The molecule has 4 rings (SSSR count). The van der Waals surface area contributed by atoms with Crippen LogP contribution in [-0.4, -0.2) is 11.2 Å². The van der Waals surface area contributed by atoms with Crippen molar-refractivity contribution in [2.45, 2.75) is 105 Å². The third-order valence-electron chi connectivity index (χ3n) is 10.9. The normalized spacial score (nSPS) is 47.4. The second-order valence-corrected chi connectivity index (χ2v) is 12.6. The second-order valence-electron chi connectivity index (χ2n) is 12.6. The largest absolute Gasteiger partial charge is 0.393 e. The molecule has 0 radical (unpaired) electrons. The minimum Gasteiger partial charge on any atom is -0.393 e. The maximum Gasteiger partial charge on any atom is 0.0581 e. The first-order chi connectivity index (χ1) is 14.2. The molecule has 0 bridgehead atoms. The van der Waals surface area contributed by atoms with Crippen molar-refractivity contribution in [3.05, 3.63) is 24.3 Å². The van der Waals surface area contributed by atoms with Crippen LogP contribution in [0.15, 0.2) is 24.3 Å². The first-order valence-electron chi connectivity index (χ1n) is 13.2. The summed E-state index contributed by atoms with van der Waals surface area (Å²) in [6.45, 7) is 16.2.